The van der Waals surface area contributed by atoms with Crippen molar-refractivity contribution >= 4 is 23.3 Å². The summed E-state index contributed by atoms with van der Waals surface area (Å²) in [6.07, 6.45) is 3.67. The number of nitrogens with one attached hydrogen (secondary N) is 1. The van der Waals surface area contributed by atoms with E-state index in [-0.39, 0.29) is 17.0 Å². The molecular weight excluding hydrogens is 448 g/mol. The largest absolute Gasteiger partial charge is 0.422 e. The van der Waals surface area contributed by atoms with E-state index in [1.54, 1.807) is 43.3 Å². The first-order chi connectivity index (χ1) is 17.0. The number of carbonyl (C=O) groups is 2. The number of rotatable bonds is 7. The van der Waals surface area contributed by atoms with Crippen molar-refractivity contribution in [2.45, 2.75) is 6.92 Å². The van der Waals surface area contributed by atoms with E-state index in [1.807, 2.05) is 41.2 Å². The highest BCUT2D eigenvalue weighted by Gasteiger charge is 2.22. The van der Waals surface area contributed by atoms with E-state index in [2.05, 4.69) is 10.5 Å². The summed E-state index contributed by atoms with van der Waals surface area (Å²) in [5, 5.41) is 15.4. The third-order valence-electron chi connectivity index (χ3n) is 5.16. The molecule has 0 bridgehead atoms. The summed E-state index contributed by atoms with van der Waals surface area (Å²) in [7, 11) is 0. The number of amides is 1. The number of hydrogen-bond acceptors (Lipinski definition) is 6. The summed E-state index contributed by atoms with van der Waals surface area (Å²) < 4.78 is 7.29. The Morgan fingerprint density at radius 3 is 2.17 bits per heavy atom. The number of aromatic nitrogens is 1. The van der Waals surface area contributed by atoms with E-state index in [4.69, 9.17) is 4.74 Å². The lowest BCUT2D eigenvalue weighted by Gasteiger charge is -2.11. The van der Waals surface area contributed by atoms with Gasteiger partial charge in [-0.25, -0.2) is 10.2 Å². The topological polar surface area (TPSA) is 116 Å². The summed E-state index contributed by atoms with van der Waals surface area (Å²) in [5.74, 6) is -1.14. The zero-order valence-electron chi connectivity index (χ0n) is 18.6. The molecule has 0 aliphatic rings. The van der Waals surface area contributed by atoms with Crippen LogP contribution in [0.25, 0.3) is 5.69 Å². The molecule has 4 aromatic rings. The van der Waals surface area contributed by atoms with Gasteiger partial charge in [-0.1, -0.05) is 36.4 Å². The van der Waals surface area contributed by atoms with Gasteiger partial charge in [-0.05, 0) is 49.4 Å². The molecule has 35 heavy (non-hydrogen) atoms. The number of hydrazone groups is 1. The summed E-state index contributed by atoms with van der Waals surface area (Å²) >= 11 is 0. The number of nitro groups is 1. The van der Waals surface area contributed by atoms with Crippen LogP contribution in [0.1, 0.15) is 33.2 Å². The van der Waals surface area contributed by atoms with E-state index in [1.165, 1.54) is 24.3 Å². The van der Waals surface area contributed by atoms with Crippen LogP contribution in [0.2, 0.25) is 0 Å². The molecule has 0 radical (unpaired) electrons. The van der Waals surface area contributed by atoms with Gasteiger partial charge in [0.05, 0.1) is 21.9 Å². The Bertz CT molecular complexity index is 1430. The Labute approximate surface area is 200 Å². The standard InChI is InChI=1S/C26H20N4O5/c1-18(27-28-25(31)20-11-2-5-13-22(20)29-16-8-9-17-29)19-10-4-7-15-24(19)35-26(32)21-12-3-6-14-23(21)30(33)34/h2-17H,1H3,(H,28,31)/b27-18+. The molecule has 0 saturated heterocycles. The molecule has 0 atom stereocenters. The molecule has 9 nitrogen and oxygen atoms in total. The number of nitrogens with zero attached hydrogens (tertiary/aromatic N) is 3. The van der Waals surface area contributed by atoms with Gasteiger partial charge in [-0.15, -0.1) is 0 Å². The first-order valence-electron chi connectivity index (χ1n) is 10.6. The molecule has 0 unspecified atom stereocenters. The lowest BCUT2D eigenvalue weighted by Crippen LogP contribution is -2.21. The fourth-order valence-corrected chi connectivity index (χ4v) is 3.46. The number of ether oxygens (including phenoxy) is 1. The number of para-hydroxylation sites is 3. The average Bonchev–Trinajstić information content (AvgIpc) is 3.42. The Balaban J connectivity index is 1.56. The number of nitro benzene ring substituents is 1. The molecule has 1 amide bonds. The number of carbonyl (C=O) groups excluding carboxylic acids is 2. The Morgan fingerprint density at radius 1 is 0.857 bits per heavy atom. The maximum atomic E-state index is 12.9. The molecule has 1 heterocycles. The monoisotopic (exact) mass is 468 g/mol. The van der Waals surface area contributed by atoms with Crippen molar-refractivity contribution in [3.05, 3.63) is 124 Å². The van der Waals surface area contributed by atoms with Gasteiger partial charge in [0.25, 0.3) is 11.6 Å². The highest BCUT2D eigenvalue weighted by atomic mass is 16.6. The second kappa shape index (κ2) is 10.3. The third kappa shape index (κ3) is 5.14. The smallest absolute Gasteiger partial charge is 0.350 e. The first-order valence-corrected chi connectivity index (χ1v) is 10.6. The van der Waals surface area contributed by atoms with Crippen LogP contribution >= 0.6 is 0 Å². The van der Waals surface area contributed by atoms with Gasteiger partial charge in [0.15, 0.2) is 0 Å². The Morgan fingerprint density at radius 2 is 1.46 bits per heavy atom. The third-order valence-corrected chi connectivity index (χ3v) is 5.16. The quantitative estimate of drug-likeness (QED) is 0.138. The van der Waals surface area contributed by atoms with Crippen LogP contribution in [0.15, 0.2) is 102 Å². The van der Waals surface area contributed by atoms with Gasteiger partial charge >= 0.3 is 5.97 Å². The van der Waals surface area contributed by atoms with Gasteiger partial charge in [-0.3, -0.25) is 14.9 Å². The van der Waals surface area contributed by atoms with Gasteiger partial charge in [0.1, 0.15) is 11.3 Å². The van der Waals surface area contributed by atoms with Crippen molar-refractivity contribution in [2.24, 2.45) is 5.10 Å². The number of hydrogen-bond donors (Lipinski definition) is 1. The summed E-state index contributed by atoms with van der Waals surface area (Å²) in [4.78, 5) is 36.2. The molecule has 0 aliphatic heterocycles. The molecule has 4 rings (SSSR count). The second-order valence-electron chi connectivity index (χ2n) is 7.41. The molecule has 9 heteroatoms. The Kier molecular flexibility index (Phi) is 6.78. The maximum absolute atomic E-state index is 12.9. The molecule has 1 N–H and O–H groups in total. The highest BCUT2D eigenvalue weighted by Crippen LogP contribution is 2.24. The van der Waals surface area contributed by atoms with Crippen LogP contribution in [-0.2, 0) is 0 Å². The molecule has 1 aromatic heterocycles. The minimum Gasteiger partial charge on any atom is -0.422 e. The van der Waals surface area contributed by atoms with E-state index >= 15 is 0 Å². The minimum atomic E-state index is -0.873. The van der Waals surface area contributed by atoms with Gasteiger partial charge in [0.2, 0.25) is 0 Å². The first kappa shape index (κ1) is 23.1. The lowest BCUT2D eigenvalue weighted by atomic mass is 10.1. The van der Waals surface area contributed by atoms with Crippen molar-refractivity contribution in [1.82, 2.24) is 9.99 Å². The predicted octanol–water partition coefficient (Wildman–Crippen LogP) is 4.76. The van der Waals surface area contributed by atoms with Crippen LogP contribution in [0.4, 0.5) is 5.69 Å². The van der Waals surface area contributed by atoms with E-state index in [0.717, 1.165) is 0 Å². The van der Waals surface area contributed by atoms with Crippen molar-refractivity contribution < 1.29 is 19.2 Å². The molecule has 174 valence electrons. The van der Waals surface area contributed by atoms with Crippen LogP contribution in [0.5, 0.6) is 5.75 Å². The van der Waals surface area contributed by atoms with Crippen LogP contribution in [0, 0.1) is 10.1 Å². The second-order valence-corrected chi connectivity index (χ2v) is 7.41. The highest BCUT2D eigenvalue weighted by molar-refractivity contribution is 6.04. The fraction of sp³-hybridized carbons (Fsp3) is 0.0385. The van der Waals surface area contributed by atoms with Crippen molar-refractivity contribution in [3.8, 4) is 11.4 Å². The zero-order chi connectivity index (χ0) is 24.8. The number of benzene rings is 3. The van der Waals surface area contributed by atoms with Crippen molar-refractivity contribution in [3.63, 3.8) is 0 Å². The molecule has 0 spiro atoms. The maximum Gasteiger partial charge on any atom is 0.350 e. The SMILES string of the molecule is C/C(=N\NC(=O)c1ccccc1-n1cccc1)c1ccccc1OC(=O)c1ccccc1[N+](=O)[O-]. The molecule has 0 fully saturated rings. The van der Waals surface area contributed by atoms with E-state index in [9.17, 15) is 19.7 Å². The predicted molar refractivity (Wildman–Crippen MR) is 130 cm³/mol. The van der Waals surface area contributed by atoms with E-state index in [0.29, 0.717) is 22.5 Å². The van der Waals surface area contributed by atoms with Crippen LogP contribution in [-0.4, -0.2) is 27.1 Å². The average molecular weight is 468 g/mol. The normalized spacial score (nSPS) is 11.1. The minimum absolute atomic E-state index is 0.152. The van der Waals surface area contributed by atoms with Crippen molar-refractivity contribution in [1.29, 1.82) is 0 Å². The van der Waals surface area contributed by atoms with Crippen LogP contribution < -0.4 is 10.2 Å². The lowest BCUT2D eigenvalue weighted by molar-refractivity contribution is -0.385. The molecule has 0 saturated carbocycles. The summed E-state index contributed by atoms with van der Waals surface area (Å²) in [6, 6.07) is 23.0. The zero-order valence-corrected chi connectivity index (χ0v) is 18.6. The van der Waals surface area contributed by atoms with Gasteiger partial charge < -0.3 is 9.30 Å². The van der Waals surface area contributed by atoms with Crippen LogP contribution in [0.3, 0.4) is 0 Å². The van der Waals surface area contributed by atoms with E-state index < -0.39 is 16.8 Å². The number of esters is 1. The van der Waals surface area contributed by atoms with Gasteiger partial charge in [-0.2, -0.15) is 5.10 Å². The summed E-state index contributed by atoms with van der Waals surface area (Å²) in [5.41, 5.74) is 3.96. The molecule has 3 aromatic carbocycles. The van der Waals surface area contributed by atoms with Crippen molar-refractivity contribution in [2.75, 3.05) is 0 Å². The van der Waals surface area contributed by atoms with Gasteiger partial charge in [0, 0.05) is 24.0 Å². The summed E-state index contributed by atoms with van der Waals surface area (Å²) in [6.45, 7) is 1.65. The molecule has 0 aliphatic carbocycles. The Hall–Kier alpha value is -5.05. The fourth-order valence-electron chi connectivity index (χ4n) is 3.46. The molecular formula is C26H20N4O5.